The molecule has 6 heteroatoms. The van der Waals surface area contributed by atoms with E-state index >= 15 is 0 Å². The smallest absolute Gasteiger partial charge is 0.272 e. The number of carbonyl (C=O) groups is 2. The van der Waals surface area contributed by atoms with Crippen LogP contribution in [0.4, 0.5) is 5.82 Å². The lowest BCUT2D eigenvalue weighted by Crippen LogP contribution is -2.34. The van der Waals surface area contributed by atoms with Gasteiger partial charge in [0.1, 0.15) is 11.5 Å². The van der Waals surface area contributed by atoms with Crippen LogP contribution in [0, 0.1) is 0 Å². The van der Waals surface area contributed by atoms with Gasteiger partial charge in [-0.25, -0.2) is 4.98 Å². The van der Waals surface area contributed by atoms with Crippen molar-refractivity contribution in [2.75, 3.05) is 32.0 Å². The maximum Gasteiger partial charge on any atom is 0.272 e. The van der Waals surface area contributed by atoms with Gasteiger partial charge in [-0.1, -0.05) is 6.07 Å². The second-order valence-electron chi connectivity index (χ2n) is 4.05. The molecule has 0 aromatic carbocycles. The molecule has 1 aromatic rings. The second-order valence-corrected chi connectivity index (χ2v) is 4.05. The lowest BCUT2D eigenvalue weighted by molar-refractivity contribution is -0.120. The van der Waals surface area contributed by atoms with Gasteiger partial charge < -0.3 is 15.5 Å². The average molecular weight is 248 g/mol. The van der Waals surface area contributed by atoms with Gasteiger partial charge in [0.15, 0.2) is 0 Å². The number of amides is 2. The third kappa shape index (κ3) is 2.77. The van der Waals surface area contributed by atoms with E-state index in [0.717, 1.165) is 0 Å². The van der Waals surface area contributed by atoms with Crippen LogP contribution in [0.5, 0.6) is 0 Å². The van der Waals surface area contributed by atoms with Crippen molar-refractivity contribution in [1.29, 1.82) is 0 Å². The van der Waals surface area contributed by atoms with Gasteiger partial charge in [0.05, 0.1) is 0 Å². The zero-order valence-corrected chi connectivity index (χ0v) is 10.3. The SMILES string of the molecule is CNc1cccc(C(=O)N2CCNC(=O)CC2)n1. The zero-order valence-electron chi connectivity index (χ0n) is 10.3. The van der Waals surface area contributed by atoms with Crippen LogP contribution < -0.4 is 10.6 Å². The van der Waals surface area contributed by atoms with Gasteiger partial charge in [0.25, 0.3) is 5.91 Å². The minimum absolute atomic E-state index is 0.0118. The first-order valence-corrected chi connectivity index (χ1v) is 5.91. The van der Waals surface area contributed by atoms with Crippen LogP contribution in [-0.4, -0.2) is 48.4 Å². The third-order valence-electron chi connectivity index (χ3n) is 2.82. The molecule has 1 aromatic heterocycles. The Kier molecular flexibility index (Phi) is 3.76. The van der Waals surface area contributed by atoms with Gasteiger partial charge in [-0.2, -0.15) is 0 Å². The second kappa shape index (κ2) is 5.48. The lowest BCUT2D eigenvalue weighted by atomic mass is 10.3. The van der Waals surface area contributed by atoms with Crippen LogP contribution >= 0.6 is 0 Å². The molecule has 1 aliphatic heterocycles. The Morgan fingerprint density at radius 2 is 2.28 bits per heavy atom. The molecule has 2 heterocycles. The molecule has 0 spiro atoms. The fourth-order valence-corrected chi connectivity index (χ4v) is 1.83. The topological polar surface area (TPSA) is 74.3 Å². The number of hydrogen-bond acceptors (Lipinski definition) is 4. The number of aromatic nitrogens is 1. The molecule has 0 atom stereocenters. The maximum absolute atomic E-state index is 12.2. The molecule has 1 aliphatic rings. The van der Waals surface area contributed by atoms with Crippen LogP contribution in [0.25, 0.3) is 0 Å². The summed E-state index contributed by atoms with van der Waals surface area (Å²) in [5.74, 6) is 0.510. The molecule has 0 unspecified atom stereocenters. The number of anilines is 1. The summed E-state index contributed by atoms with van der Waals surface area (Å²) in [5.41, 5.74) is 0.399. The summed E-state index contributed by atoms with van der Waals surface area (Å²) in [6.07, 6.45) is 0.345. The molecular formula is C12H16N4O2. The predicted octanol–water partition coefficient (Wildman–Crippen LogP) is 0.0854. The molecule has 2 amide bonds. The van der Waals surface area contributed by atoms with Crippen LogP contribution in [-0.2, 0) is 4.79 Å². The third-order valence-corrected chi connectivity index (χ3v) is 2.82. The highest BCUT2D eigenvalue weighted by Crippen LogP contribution is 2.08. The first kappa shape index (κ1) is 12.3. The van der Waals surface area contributed by atoms with E-state index in [1.165, 1.54) is 0 Å². The Morgan fingerprint density at radius 1 is 1.44 bits per heavy atom. The lowest BCUT2D eigenvalue weighted by Gasteiger charge is -2.19. The standard InChI is InChI=1S/C12H16N4O2/c1-13-10-4-2-3-9(15-10)12(18)16-7-5-11(17)14-6-8-16/h2-4H,5-8H2,1H3,(H,13,15)(H,14,17). The Morgan fingerprint density at radius 3 is 3.06 bits per heavy atom. The van der Waals surface area contributed by atoms with E-state index in [2.05, 4.69) is 15.6 Å². The van der Waals surface area contributed by atoms with Crippen LogP contribution in [0.15, 0.2) is 18.2 Å². The molecule has 18 heavy (non-hydrogen) atoms. The van der Waals surface area contributed by atoms with Gasteiger partial charge in [-0.15, -0.1) is 0 Å². The number of pyridine rings is 1. The number of nitrogens with one attached hydrogen (secondary N) is 2. The van der Waals surface area contributed by atoms with E-state index in [4.69, 9.17) is 0 Å². The van der Waals surface area contributed by atoms with Crippen LogP contribution in [0.2, 0.25) is 0 Å². The van der Waals surface area contributed by atoms with Crippen molar-refractivity contribution in [2.45, 2.75) is 6.42 Å². The monoisotopic (exact) mass is 248 g/mol. The summed E-state index contributed by atoms with van der Waals surface area (Å²) in [6, 6.07) is 5.26. The van der Waals surface area contributed by atoms with Crippen molar-refractivity contribution in [3.8, 4) is 0 Å². The van der Waals surface area contributed by atoms with Crippen molar-refractivity contribution in [1.82, 2.24) is 15.2 Å². The Bertz CT molecular complexity index is 461. The first-order chi connectivity index (χ1) is 8.70. The van der Waals surface area contributed by atoms with Crippen molar-refractivity contribution in [3.63, 3.8) is 0 Å². The van der Waals surface area contributed by atoms with Crippen molar-refractivity contribution in [3.05, 3.63) is 23.9 Å². The first-order valence-electron chi connectivity index (χ1n) is 5.91. The van der Waals surface area contributed by atoms with E-state index in [-0.39, 0.29) is 11.8 Å². The molecule has 2 N–H and O–H groups in total. The van der Waals surface area contributed by atoms with Crippen molar-refractivity contribution in [2.24, 2.45) is 0 Å². The molecule has 0 radical (unpaired) electrons. The Balaban J connectivity index is 2.12. The summed E-state index contributed by atoms with van der Waals surface area (Å²) in [5, 5.41) is 5.63. The van der Waals surface area contributed by atoms with E-state index in [0.29, 0.717) is 37.6 Å². The number of carbonyl (C=O) groups excluding carboxylic acids is 2. The van der Waals surface area contributed by atoms with E-state index in [1.54, 1.807) is 30.1 Å². The largest absolute Gasteiger partial charge is 0.373 e. The molecule has 1 saturated heterocycles. The highest BCUT2D eigenvalue weighted by Gasteiger charge is 2.20. The summed E-state index contributed by atoms with van der Waals surface area (Å²) in [6.45, 7) is 1.46. The minimum atomic E-state index is -0.136. The molecule has 1 fully saturated rings. The van der Waals surface area contributed by atoms with E-state index in [9.17, 15) is 9.59 Å². The number of hydrogen-bond donors (Lipinski definition) is 2. The maximum atomic E-state index is 12.2. The summed E-state index contributed by atoms with van der Waals surface area (Å²) in [7, 11) is 1.76. The van der Waals surface area contributed by atoms with Crippen molar-refractivity contribution < 1.29 is 9.59 Å². The summed E-state index contributed by atoms with van der Waals surface area (Å²) < 4.78 is 0. The number of rotatable bonds is 2. The normalized spacial score (nSPS) is 15.8. The van der Waals surface area contributed by atoms with Gasteiger partial charge in [-0.3, -0.25) is 9.59 Å². The predicted molar refractivity (Wildman–Crippen MR) is 67.3 cm³/mol. The van der Waals surface area contributed by atoms with E-state index < -0.39 is 0 Å². The van der Waals surface area contributed by atoms with Gasteiger partial charge in [-0.05, 0) is 12.1 Å². The molecule has 6 nitrogen and oxygen atoms in total. The molecule has 2 rings (SSSR count). The van der Waals surface area contributed by atoms with Crippen LogP contribution in [0.3, 0.4) is 0 Å². The quantitative estimate of drug-likeness (QED) is 0.777. The molecule has 0 aliphatic carbocycles. The molecule has 96 valence electrons. The fourth-order valence-electron chi connectivity index (χ4n) is 1.83. The Hall–Kier alpha value is -2.11. The van der Waals surface area contributed by atoms with Gasteiger partial charge in [0.2, 0.25) is 5.91 Å². The molecule has 0 bridgehead atoms. The fraction of sp³-hybridized carbons (Fsp3) is 0.417. The molecular weight excluding hydrogens is 232 g/mol. The summed E-state index contributed by atoms with van der Waals surface area (Å²) in [4.78, 5) is 29.3. The zero-order chi connectivity index (χ0) is 13.0. The minimum Gasteiger partial charge on any atom is -0.373 e. The highest BCUT2D eigenvalue weighted by atomic mass is 16.2. The van der Waals surface area contributed by atoms with Crippen molar-refractivity contribution >= 4 is 17.6 Å². The summed E-state index contributed by atoms with van der Waals surface area (Å²) >= 11 is 0. The van der Waals surface area contributed by atoms with E-state index in [1.807, 2.05) is 0 Å². The number of nitrogens with zero attached hydrogens (tertiary/aromatic N) is 2. The molecule has 0 saturated carbocycles. The van der Waals surface area contributed by atoms with Gasteiger partial charge in [0, 0.05) is 33.1 Å². The highest BCUT2D eigenvalue weighted by molar-refractivity contribution is 5.93. The average Bonchev–Trinajstić information content (AvgIpc) is 2.63. The van der Waals surface area contributed by atoms with Gasteiger partial charge >= 0.3 is 0 Å². The Labute approximate surface area is 105 Å². The van der Waals surface area contributed by atoms with Crippen LogP contribution in [0.1, 0.15) is 16.9 Å².